The minimum Gasteiger partial charge on any atom is -0.478 e. The van der Waals surface area contributed by atoms with Gasteiger partial charge in [0.15, 0.2) is 0 Å². The number of urea groups is 1. The highest BCUT2D eigenvalue weighted by atomic mass is 16.5. The number of hydrogen-bond donors (Lipinski definition) is 2. The van der Waals surface area contributed by atoms with Gasteiger partial charge in [-0.15, -0.1) is 0 Å². The number of aromatic carboxylic acids is 1. The van der Waals surface area contributed by atoms with Gasteiger partial charge in [-0.3, -0.25) is 4.98 Å². The van der Waals surface area contributed by atoms with E-state index in [0.29, 0.717) is 24.7 Å². The number of nitrogens with zero attached hydrogens (tertiary/aromatic N) is 2. The minimum absolute atomic E-state index is 0.0213. The van der Waals surface area contributed by atoms with E-state index in [1.807, 2.05) is 0 Å². The lowest BCUT2D eigenvalue weighted by atomic mass is 9.96. The largest absolute Gasteiger partial charge is 0.478 e. The quantitative estimate of drug-likeness (QED) is 0.884. The number of likely N-dealkylation sites (tertiary alicyclic amines) is 1. The highest BCUT2D eigenvalue weighted by molar-refractivity contribution is 5.92. The van der Waals surface area contributed by atoms with Crippen molar-refractivity contribution in [2.45, 2.75) is 19.4 Å². The van der Waals surface area contributed by atoms with Crippen molar-refractivity contribution in [3.05, 3.63) is 24.0 Å². The summed E-state index contributed by atoms with van der Waals surface area (Å²) in [5.41, 5.74) is 0.405. The Morgan fingerprint density at radius 1 is 1.48 bits per heavy atom. The fraction of sp³-hybridized carbons (Fsp3) is 0.500. The van der Waals surface area contributed by atoms with Crippen LogP contribution in [0, 0.1) is 5.92 Å². The van der Waals surface area contributed by atoms with E-state index in [1.54, 1.807) is 12.0 Å². The van der Waals surface area contributed by atoms with E-state index in [1.165, 1.54) is 18.5 Å². The first kappa shape index (κ1) is 15.2. The molecular formula is C14H19N3O4. The molecule has 2 rings (SSSR count). The average molecular weight is 293 g/mol. The Bertz CT molecular complexity index is 535. The zero-order valence-corrected chi connectivity index (χ0v) is 12.1. The number of methoxy groups -OCH3 is 1. The molecule has 2 N–H and O–H groups in total. The van der Waals surface area contributed by atoms with Crippen LogP contribution in [0.4, 0.5) is 10.5 Å². The van der Waals surface area contributed by atoms with Gasteiger partial charge in [-0.1, -0.05) is 6.92 Å². The highest BCUT2D eigenvalue weighted by Crippen LogP contribution is 2.20. The number of aromatic nitrogens is 1. The molecule has 1 fully saturated rings. The highest BCUT2D eigenvalue weighted by Gasteiger charge is 2.28. The molecule has 2 atom stereocenters. The molecule has 1 aromatic rings. The topological polar surface area (TPSA) is 91.8 Å². The first-order valence-electron chi connectivity index (χ1n) is 6.78. The van der Waals surface area contributed by atoms with Gasteiger partial charge in [-0.2, -0.15) is 0 Å². The van der Waals surface area contributed by atoms with Gasteiger partial charge in [0, 0.05) is 26.4 Å². The first-order valence-corrected chi connectivity index (χ1v) is 6.78. The summed E-state index contributed by atoms with van der Waals surface area (Å²) < 4.78 is 5.37. The Morgan fingerprint density at radius 3 is 2.90 bits per heavy atom. The van der Waals surface area contributed by atoms with Crippen LogP contribution in [0.3, 0.4) is 0 Å². The smallest absolute Gasteiger partial charge is 0.337 e. The number of nitrogens with one attached hydrogen (secondary N) is 1. The lowest BCUT2D eigenvalue weighted by Crippen LogP contribution is -2.48. The molecule has 0 saturated carbocycles. The molecule has 7 heteroatoms. The Hall–Kier alpha value is -2.15. The SMILES string of the molecule is COC1CN(C(=O)Nc2cncc(C(=O)O)c2)CCC1C. The number of carboxylic acids is 1. The lowest BCUT2D eigenvalue weighted by Gasteiger charge is -2.36. The Labute approximate surface area is 122 Å². The normalized spacial score (nSPS) is 21.9. The number of hydrogen-bond acceptors (Lipinski definition) is 4. The third-order valence-corrected chi connectivity index (χ3v) is 3.72. The van der Waals surface area contributed by atoms with Crippen LogP contribution in [0.1, 0.15) is 23.7 Å². The minimum atomic E-state index is -1.08. The molecule has 1 aromatic heterocycles. The zero-order chi connectivity index (χ0) is 15.4. The van der Waals surface area contributed by atoms with Crippen molar-refractivity contribution >= 4 is 17.7 Å². The van der Waals surface area contributed by atoms with Crippen LogP contribution in [-0.2, 0) is 4.74 Å². The summed E-state index contributed by atoms with van der Waals surface area (Å²) in [6.07, 6.45) is 3.55. The number of amides is 2. The molecule has 114 valence electrons. The van der Waals surface area contributed by atoms with Gasteiger partial charge < -0.3 is 20.1 Å². The third-order valence-electron chi connectivity index (χ3n) is 3.72. The summed E-state index contributed by atoms with van der Waals surface area (Å²) in [7, 11) is 1.64. The molecule has 2 amide bonds. The van der Waals surface area contributed by atoms with Crippen molar-refractivity contribution in [2.24, 2.45) is 5.92 Å². The molecule has 2 unspecified atom stereocenters. The maximum atomic E-state index is 12.2. The Morgan fingerprint density at radius 2 is 2.24 bits per heavy atom. The summed E-state index contributed by atoms with van der Waals surface area (Å²) in [5, 5.41) is 11.6. The van der Waals surface area contributed by atoms with E-state index < -0.39 is 5.97 Å². The van der Waals surface area contributed by atoms with Gasteiger partial charge in [0.25, 0.3) is 0 Å². The molecule has 0 bridgehead atoms. The predicted octanol–water partition coefficient (Wildman–Crippen LogP) is 1.67. The number of carbonyl (C=O) groups excluding carboxylic acids is 1. The average Bonchev–Trinajstić information content (AvgIpc) is 2.47. The van der Waals surface area contributed by atoms with E-state index in [0.717, 1.165) is 6.42 Å². The van der Waals surface area contributed by atoms with Gasteiger partial charge in [-0.25, -0.2) is 9.59 Å². The van der Waals surface area contributed by atoms with E-state index in [-0.39, 0.29) is 17.7 Å². The number of pyridine rings is 1. The van der Waals surface area contributed by atoms with Gasteiger partial charge >= 0.3 is 12.0 Å². The van der Waals surface area contributed by atoms with Crippen molar-refractivity contribution in [1.29, 1.82) is 0 Å². The second kappa shape index (κ2) is 6.53. The van der Waals surface area contributed by atoms with Crippen LogP contribution < -0.4 is 5.32 Å². The number of carboxylic acid groups (broad SMARTS) is 1. The van der Waals surface area contributed by atoms with Crippen LogP contribution in [0.2, 0.25) is 0 Å². The fourth-order valence-electron chi connectivity index (χ4n) is 2.35. The van der Waals surface area contributed by atoms with E-state index in [9.17, 15) is 9.59 Å². The van der Waals surface area contributed by atoms with Crippen molar-refractivity contribution in [1.82, 2.24) is 9.88 Å². The summed E-state index contributed by atoms with van der Waals surface area (Å²) in [6.45, 7) is 3.28. The second-order valence-electron chi connectivity index (χ2n) is 5.18. The molecule has 7 nitrogen and oxygen atoms in total. The summed E-state index contributed by atoms with van der Waals surface area (Å²) >= 11 is 0. The van der Waals surface area contributed by atoms with Gasteiger partial charge in [0.2, 0.25) is 0 Å². The number of anilines is 1. The molecule has 1 aliphatic heterocycles. The van der Waals surface area contributed by atoms with Crippen molar-refractivity contribution in [2.75, 3.05) is 25.5 Å². The first-order chi connectivity index (χ1) is 10.0. The van der Waals surface area contributed by atoms with Crippen molar-refractivity contribution in [3.8, 4) is 0 Å². The van der Waals surface area contributed by atoms with Crippen molar-refractivity contribution < 1.29 is 19.4 Å². The van der Waals surface area contributed by atoms with Gasteiger partial charge in [0.1, 0.15) is 0 Å². The predicted molar refractivity (Wildman–Crippen MR) is 76.4 cm³/mol. The van der Waals surface area contributed by atoms with E-state index in [4.69, 9.17) is 9.84 Å². The summed E-state index contributed by atoms with van der Waals surface area (Å²) in [5.74, 6) is -0.666. The van der Waals surface area contributed by atoms with Crippen LogP contribution in [0.15, 0.2) is 18.5 Å². The Kier molecular flexibility index (Phi) is 4.74. The second-order valence-corrected chi connectivity index (χ2v) is 5.18. The summed E-state index contributed by atoms with van der Waals surface area (Å²) in [6, 6.07) is 1.11. The molecule has 21 heavy (non-hydrogen) atoms. The molecular weight excluding hydrogens is 274 g/mol. The number of carbonyl (C=O) groups is 2. The van der Waals surface area contributed by atoms with E-state index >= 15 is 0 Å². The number of rotatable bonds is 3. The van der Waals surface area contributed by atoms with Gasteiger partial charge in [0.05, 0.1) is 23.6 Å². The summed E-state index contributed by atoms with van der Waals surface area (Å²) in [4.78, 5) is 28.6. The van der Waals surface area contributed by atoms with E-state index in [2.05, 4.69) is 17.2 Å². The maximum Gasteiger partial charge on any atom is 0.337 e. The van der Waals surface area contributed by atoms with Crippen LogP contribution >= 0.6 is 0 Å². The van der Waals surface area contributed by atoms with Crippen LogP contribution in [-0.4, -0.2) is 53.3 Å². The zero-order valence-electron chi connectivity index (χ0n) is 12.1. The molecule has 0 spiro atoms. The monoisotopic (exact) mass is 293 g/mol. The number of piperidine rings is 1. The fourth-order valence-corrected chi connectivity index (χ4v) is 2.35. The third kappa shape index (κ3) is 3.69. The lowest BCUT2D eigenvalue weighted by molar-refractivity contribution is 0.00895. The van der Waals surface area contributed by atoms with Crippen molar-refractivity contribution in [3.63, 3.8) is 0 Å². The van der Waals surface area contributed by atoms with Crippen LogP contribution in [0.5, 0.6) is 0 Å². The molecule has 1 aliphatic rings. The maximum absolute atomic E-state index is 12.2. The molecule has 0 radical (unpaired) electrons. The van der Waals surface area contributed by atoms with Gasteiger partial charge in [-0.05, 0) is 18.4 Å². The Balaban J connectivity index is 2.01. The molecule has 0 aliphatic carbocycles. The molecule has 2 heterocycles. The molecule has 0 aromatic carbocycles. The standard InChI is InChI=1S/C14H19N3O4/c1-9-3-4-17(8-12(9)21-2)14(20)16-11-5-10(13(18)19)6-15-7-11/h5-7,9,12H,3-4,8H2,1-2H3,(H,16,20)(H,18,19). The number of ether oxygens (including phenoxy) is 1. The van der Waals surface area contributed by atoms with Crippen LogP contribution in [0.25, 0.3) is 0 Å². The molecule has 1 saturated heterocycles.